The summed E-state index contributed by atoms with van der Waals surface area (Å²) in [5.74, 6) is 0. The highest BCUT2D eigenvalue weighted by atomic mass is 16.3. The van der Waals surface area contributed by atoms with E-state index in [9.17, 15) is 4.79 Å². The summed E-state index contributed by atoms with van der Waals surface area (Å²) in [4.78, 5) is 13.2. The lowest BCUT2D eigenvalue weighted by Gasteiger charge is -2.10. The van der Waals surface area contributed by atoms with Crippen LogP contribution in [0.5, 0.6) is 0 Å². The average molecular weight is 588 g/mol. The molecule has 0 fully saturated rings. The van der Waals surface area contributed by atoms with Crippen molar-refractivity contribution in [3.05, 3.63) is 162 Å². The standard InChI is InChI=1S/C43H25NO2/c45-42-34-12-2-4-20-39(34)46-43-31(14-6-17-36(42)43)27-23-21-26(22-24-27)28-9-5-10-29(25-28)30-13-8-19-38-40(30)35-16-7-15-33-32-11-1-3-18-37(32)44(38)41(33)35/h1-25H. The van der Waals surface area contributed by atoms with Gasteiger partial charge < -0.3 is 8.82 Å². The van der Waals surface area contributed by atoms with Crippen LogP contribution in [0.1, 0.15) is 0 Å². The molecule has 3 heterocycles. The summed E-state index contributed by atoms with van der Waals surface area (Å²) >= 11 is 0. The van der Waals surface area contributed by atoms with E-state index >= 15 is 0 Å². The second-order valence-corrected chi connectivity index (χ2v) is 12.0. The number of para-hydroxylation sites is 4. The Kier molecular flexibility index (Phi) is 5.15. The van der Waals surface area contributed by atoms with Crippen molar-refractivity contribution in [3.8, 4) is 33.4 Å². The third-order valence-electron chi connectivity index (χ3n) is 9.55. The van der Waals surface area contributed by atoms with E-state index in [1.807, 2.05) is 42.5 Å². The zero-order chi connectivity index (χ0) is 30.4. The molecule has 0 N–H and O–H groups in total. The van der Waals surface area contributed by atoms with E-state index in [1.165, 1.54) is 49.2 Å². The zero-order valence-corrected chi connectivity index (χ0v) is 24.7. The third kappa shape index (κ3) is 3.45. The molecule has 0 aliphatic rings. The molecule has 0 saturated carbocycles. The molecule has 0 atom stereocenters. The molecular formula is C43H25NO2. The quantitative estimate of drug-likeness (QED) is 0.193. The summed E-state index contributed by atoms with van der Waals surface area (Å²) < 4.78 is 8.72. The van der Waals surface area contributed by atoms with Gasteiger partial charge in [-0.3, -0.25) is 4.79 Å². The number of nitrogens with zero attached hydrogens (tertiary/aromatic N) is 1. The number of hydrogen-bond acceptors (Lipinski definition) is 2. The minimum atomic E-state index is -0.00306. The van der Waals surface area contributed by atoms with Gasteiger partial charge in [-0.2, -0.15) is 0 Å². The zero-order valence-electron chi connectivity index (χ0n) is 24.7. The van der Waals surface area contributed by atoms with E-state index in [1.54, 1.807) is 0 Å². The molecule has 3 nitrogen and oxygen atoms in total. The van der Waals surface area contributed by atoms with Crippen molar-refractivity contribution in [2.75, 3.05) is 0 Å². The van der Waals surface area contributed by atoms with E-state index < -0.39 is 0 Å². The van der Waals surface area contributed by atoms with Gasteiger partial charge in [-0.1, -0.05) is 115 Å². The van der Waals surface area contributed by atoms with Crippen LogP contribution >= 0.6 is 0 Å². The number of hydrogen-bond donors (Lipinski definition) is 0. The van der Waals surface area contributed by atoms with Gasteiger partial charge in [0.25, 0.3) is 0 Å². The van der Waals surface area contributed by atoms with Crippen LogP contribution in [0.15, 0.2) is 161 Å². The Labute approximate surface area is 263 Å². The molecule has 214 valence electrons. The SMILES string of the molecule is O=c1c2ccccc2oc2c(-c3ccc(-c4cccc(-c5cccc6c5c5cccc7c8ccccc8n6c75)c4)cc3)cccc12. The van der Waals surface area contributed by atoms with Gasteiger partial charge >= 0.3 is 0 Å². The fourth-order valence-electron chi connectivity index (χ4n) is 7.48. The van der Waals surface area contributed by atoms with E-state index in [0.29, 0.717) is 21.9 Å². The molecule has 0 spiro atoms. The number of fused-ring (bicyclic) bond motifs is 8. The predicted octanol–water partition coefficient (Wildman–Crippen LogP) is 11.1. The first-order chi connectivity index (χ1) is 22.7. The number of benzene rings is 7. The molecule has 0 bridgehead atoms. The van der Waals surface area contributed by atoms with Gasteiger partial charge in [-0.05, 0) is 64.2 Å². The van der Waals surface area contributed by atoms with Gasteiger partial charge in [0.2, 0.25) is 5.43 Å². The maximum Gasteiger partial charge on any atom is 0.200 e. The average Bonchev–Trinajstić information content (AvgIpc) is 3.65. The molecule has 0 aliphatic carbocycles. The van der Waals surface area contributed by atoms with Gasteiger partial charge in [-0.15, -0.1) is 0 Å². The van der Waals surface area contributed by atoms with E-state index in [-0.39, 0.29) is 5.43 Å². The van der Waals surface area contributed by atoms with Gasteiger partial charge in [0, 0.05) is 27.1 Å². The van der Waals surface area contributed by atoms with E-state index in [2.05, 4.69) is 114 Å². The molecule has 7 aromatic carbocycles. The Bertz CT molecular complexity index is 2870. The van der Waals surface area contributed by atoms with Crippen LogP contribution in [0.2, 0.25) is 0 Å². The van der Waals surface area contributed by atoms with Crippen molar-refractivity contribution < 1.29 is 4.42 Å². The normalized spacial score (nSPS) is 12.0. The van der Waals surface area contributed by atoms with Crippen LogP contribution in [0, 0.1) is 0 Å². The molecule has 3 aromatic heterocycles. The lowest BCUT2D eigenvalue weighted by Crippen LogP contribution is -2.02. The highest BCUT2D eigenvalue weighted by molar-refractivity contribution is 6.25. The van der Waals surface area contributed by atoms with E-state index in [0.717, 1.165) is 22.3 Å². The first-order valence-corrected chi connectivity index (χ1v) is 15.6. The van der Waals surface area contributed by atoms with Gasteiger partial charge in [0.05, 0.1) is 27.3 Å². The van der Waals surface area contributed by atoms with Crippen molar-refractivity contribution in [1.82, 2.24) is 4.40 Å². The first-order valence-electron chi connectivity index (χ1n) is 15.6. The second-order valence-electron chi connectivity index (χ2n) is 12.0. The minimum Gasteiger partial charge on any atom is -0.455 e. The maximum absolute atomic E-state index is 13.2. The Morgan fingerprint density at radius 2 is 1.07 bits per heavy atom. The fraction of sp³-hybridized carbons (Fsp3) is 0. The van der Waals surface area contributed by atoms with Gasteiger partial charge in [0.1, 0.15) is 11.2 Å². The Hall–Kier alpha value is -6.19. The van der Waals surface area contributed by atoms with Gasteiger partial charge in [-0.25, -0.2) is 0 Å². The molecule has 10 rings (SSSR count). The van der Waals surface area contributed by atoms with Crippen molar-refractivity contribution in [2.24, 2.45) is 0 Å². The first kappa shape index (κ1) is 25.2. The van der Waals surface area contributed by atoms with Crippen molar-refractivity contribution >= 4 is 60.0 Å². The van der Waals surface area contributed by atoms with Crippen LogP contribution in [0.4, 0.5) is 0 Å². The predicted molar refractivity (Wildman–Crippen MR) is 191 cm³/mol. The largest absolute Gasteiger partial charge is 0.455 e. The molecule has 0 unspecified atom stereocenters. The summed E-state index contributed by atoms with van der Waals surface area (Å²) in [6, 6.07) is 52.6. The lowest BCUT2D eigenvalue weighted by molar-refractivity contribution is 0.661. The van der Waals surface area contributed by atoms with Crippen molar-refractivity contribution in [1.29, 1.82) is 0 Å². The summed E-state index contributed by atoms with van der Waals surface area (Å²) in [6.45, 7) is 0. The van der Waals surface area contributed by atoms with Crippen LogP contribution < -0.4 is 5.43 Å². The highest BCUT2D eigenvalue weighted by Crippen LogP contribution is 2.43. The summed E-state index contributed by atoms with van der Waals surface area (Å²) in [6.07, 6.45) is 0. The molecule has 0 saturated heterocycles. The molecular weight excluding hydrogens is 562 g/mol. The molecule has 46 heavy (non-hydrogen) atoms. The molecule has 3 heteroatoms. The Morgan fingerprint density at radius 1 is 0.435 bits per heavy atom. The van der Waals surface area contributed by atoms with Crippen molar-refractivity contribution in [2.45, 2.75) is 0 Å². The van der Waals surface area contributed by atoms with Crippen LogP contribution in [0.3, 0.4) is 0 Å². The summed E-state index contributed by atoms with van der Waals surface area (Å²) in [7, 11) is 0. The van der Waals surface area contributed by atoms with E-state index in [4.69, 9.17) is 4.42 Å². The lowest BCUT2D eigenvalue weighted by atomic mass is 9.94. The summed E-state index contributed by atoms with van der Waals surface area (Å²) in [5, 5.41) is 6.35. The monoisotopic (exact) mass is 587 g/mol. The smallest absolute Gasteiger partial charge is 0.200 e. The second kappa shape index (κ2) is 9.40. The topological polar surface area (TPSA) is 34.6 Å². The Morgan fingerprint density at radius 3 is 1.98 bits per heavy atom. The summed E-state index contributed by atoms with van der Waals surface area (Å²) in [5.41, 5.74) is 11.6. The molecule has 10 aromatic rings. The van der Waals surface area contributed by atoms with Crippen LogP contribution in [0.25, 0.3) is 93.4 Å². The fourth-order valence-corrected chi connectivity index (χ4v) is 7.48. The molecule has 0 amide bonds. The molecule has 0 radical (unpaired) electrons. The minimum absolute atomic E-state index is 0.00306. The third-order valence-corrected chi connectivity index (χ3v) is 9.55. The van der Waals surface area contributed by atoms with Crippen molar-refractivity contribution in [3.63, 3.8) is 0 Å². The Balaban J connectivity index is 1.09. The van der Waals surface area contributed by atoms with Crippen LogP contribution in [-0.2, 0) is 0 Å². The maximum atomic E-state index is 13.2. The number of rotatable bonds is 3. The number of aromatic nitrogens is 1. The van der Waals surface area contributed by atoms with Crippen LogP contribution in [-0.4, -0.2) is 4.40 Å². The molecule has 0 aliphatic heterocycles. The van der Waals surface area contributed by atoms with Gasteiger partial charge in [0.15, 0.2) is 0 Å². The highest BCUT2D eigenvalue weighted by Gasteiger charge is 2.19.